The summed E-state index contributed by atoms with van der Waals surface area (Å²) in [4.78, 5) is 16.2. The van der Waals surface area contributed by atoms with Gasteiger partial charge in [-0.3, -0.25) is 10.1 Å². The van der Waals surface area contributed by atoms with Crippen LogP contribution >= 0.6 is 11.3 Å². The van der Waals surface area contributed by atoms with Crippen molar-refractivity contribution in [2.75, 3.05) is 12.4 Å². The van der Waals surface area contributed by atoms with E-state index in [0.717, 1.165) is 5.69 Å². The Kier molecular flexibility index (Phi) is 3.96. The Labute approximate surface area is 108 Å². The first-order valence-electron chi connectivity index (χ1n) is 5.41. The first-order valence-corrected chi connectivity index (χ1v) is 6.29. The summed E-state index contributed by atoms with van der Waals surface area (Å²) < 4.78 is 0. The van der Waals surface area contributed by atoms with Gasteiger partial charge in [-0.1, -0.05) is 0 Å². The average molecular weight is 263 g/mol. The molecule has 18 heavy (non-hydrogen) atoms. The molecule has 0 aliphatic rings. The normalized spacial score (nSPS) is 12.1. The number of nitrogens with zero attached hydrogens (tertiary/aromatic N) is 3. The Balaban J connectivity index is 2.06. The second-order valence-corrected chi connectivity index (χ2v) is 4.53. The number of carbonyl (C=O) groups excluding carboxylic acids is 1. The van der Waals surface area contributed by atoms with Gasteiger partial charge in [0, 0.05) is 11.4 Å². The van der Waals surface area contributed by atoms with Gasteiger partial charge in [0.1, 0.15) is 0 Å². The van der Waals surface area contributed by atoms with Crippen molar-refractivity contribution in [3.05, 3.63) is 35.1 Å². The van der Waals surface area contributed by atoms with Crippen molar-refractivity contribution in [2.45, 2.75) is 13.0 Å². The topological polar surface area (TPSA) is 79.8 Å². The van der Waals surface area contributed by atoms with Crippen molar-refractivity contribution in [1.29, 1.82) is 0 Å². The Hall–Kier alpha value is -1.86. The van der Waals surface area contributed by atoms with E-state index in [1.165, 1.54) is 23.7 Å². The second-order valence-electron chi connectivity index (χ2n) is 3.67. The zero-order valence-electron chi connectivity index (χ0n) is 10.0. The molecule has 0 aromatic carbocycles. The smallest absolute Gasteiger partial charge is 0.259 e. The number of nitrogens with one attached hydrogen (secondary N) is 2. The molecule has 0 fully saturated rings. The number of thiazole rings is 1. The van der Waals surface area contributed by atoms with Crippen LogP contribution in [-0.4, -0.2) is 28.1 Å². The molecule has 1 amide bonds. The van der Waals surface area contributed by atoms with E-state index in [4.69, 9.17) is 0 Å². The van der Waals surface area contributed by atoms with Gasteiger partial charge in [-0.15, -0.1) is 11.3 Å². The van der Waals surface area contributed by atoms with Crippen LogP contribution in [0.2, 0.25) is 0 Å². The summed E-state index contributed by atoms with van der Waals surface area (Å²) in [5.74, 6) is -0.233. The number of hydrogen-bond donors (Lipinski definition) is 2. The summed E-state index contributed by atoms with van der Waals surface area (Å²) in [5, 5.41) is 15.6. The molecule has 0 aliphatic heterocycles. The number of hydrogen-bond acceptors (Lipinski definition) is 6. The van der Waals surface area contributed by atoms with Gasteiger partial charge in [-0.2, -0.15) is 10.2 Å². The van der Waals surface area contributed by atoms with Crippen LogP contribution < -0.4 is 10.6 Å². The van der Waals surface area contributed by atoms with E-state index < -0.39 is 0 Å². The molecular formula is C11H13N5OS. The maximum absolute atomic E-state index is 11.8. The highest BCUT2D eigenvalue weighted by molar-refractivity contribution is 7.14. The average Bonchev–Trinajstić information content (AvgIpc) is 2.87. The van der Waals surface area contributed by atoms with E-state index >= 15 is 0 Å². The summed E-state index contributed by atoms with van der Waals surface area (Å²) in [7, 11) is 1.87. The van der Waals surface area contributed by atoms with Gasteiger partial charge >= 0.3 is 0 Å². The second kappa shape index (κ2) is 5.65. The predicted molar refractivity (Wildman–Crippen MR) is 69.6 cm³/mol. The number of aromatic nitrogens is 3. The van der Waals surface area contributed by atoms with E-state index in [9.17, 15) is 4.79 Å². The number of anilines is 1. The van der Waals surface area contributed by atoms with Crippen molar-refractivity contribution in [1.82, 2.24) is 20.5 Å². The molecule has 0 saturated carbocycles. The van der Waals surface area contributed by atoms with Crippen LogP contribution in [0.25, 0.3) is 0 Å². The lowest BCUT2D eigenvalue weighted by Crippen LogP contribution is -2.14. The molecular weight excluding hydrogens is 250 g/mol. The number of amides is 1. The summed E-state index contributed by atoms with van der Waals surface area (Å²) in [6.45, 7) is 2.01. The third-order valence-corrected chi connectivity index (χ3v) is 3.24. The van der Waals surface area contributed by atoms with Gasteiger partial charge in [-0.25, -0.2) is 4.98 Å². The van der Waals surface area contributed by atoms with Gasteiger partial charge in [0.05, 0.1) is 23.7 Å². The fraction of sp³-hybridized carbons (Fsp3) is 0.273. The molecule has 0 radical (unpaired) electrons. The summed E-state index contributed by atoms with van der Waals surface area (Å²) in [6, 6.07) is 1.77. The minimum atomic E-state index is -0.233. The van der Waals surface area contributed by atoms with Crippen LogP contribution in [0.3, 0.4) is 0 Å². The van der Waals surface area contributed by atoms with E-state index in [2.05, 4.69) is 25.8 Å². The van der Waals surface area contributed by atoms with Crippen molar-refractivity contribution in [3.8, 4) is 0 Å². The molecule has 2 rings (SSSR count). The van der Waals surface area contributed by atoms with Crippen LogP contribution in [0.4, 0.5) is 5.13 Å². The van der Waals surface area contributed by atoms with Crippen LogP contribution in [0.1, 0.15) is 29.0 Å². The van der Waals surface area contributed by atoms with E-state index in [0.29, 0.717) is 10.7 Å². The maximum Gasteiger partial charge on any atom is 0.259 e. The molecule has 2 aromatic heterocycles. The van der Waals surface area contributed by atoms with Crippen molar-refractivity contribution >= 4 is 22.4 Å². The van der Waals surface area contributed by atoms with E-state index in [-0.39, 0.29) is 11.9 Å². The molecule has 1 unspecified atom stereocenters. The van der Waals surface area contributed by atoms with Crippen molar-refractivity contribution in [2.24, 2.45) is 0 Å². The standard InChI is InChI=1S/C11H13N5OS/c1-7(12-2)9-6-18-11(15-9)16-10(17)8-3-4-13-14-5-8/h3-7,12H,1-2H3,(H,15,16,17). The van der Waals surface area contributed by atoms with Crippen LogP contribution in [-0.2, 0) is 0 Å². The lowest BCUT2D eigenvalue weighted by molar-refractivity contribution is 0.102. The Bertz CT molecular complexity index is 527. The SMILES string of the molecule is CNC(C)c1csc(NC(=O)c2ccnnc2)n1. The van der Waals surface area contributed by atoms with Gasteiger partial charge in [-0.05, 0) is 20.0 Å². The largest absolute Gasteiger partial charge is 0.312 e. The van der Waals surface area contributed by atoms with Crippen LogP contribution in [0, 0.1) is 0 Å². The molecule has 7 heteroatoms. The Morgan fingerprint density at radius 3 is 2.94 bits per heavy atom. The number of rotatable bonds is 4. The van der Waals surface area contributed by atoms with Crippen LogP contribution in [0.5, 0.6) is 0 Å². The summed E-state index contributed by atoms with van der Waals surface area (Å²) >= 11 is 1.40. The van der Waals surface area contributed by atoms with E-state index in [1.54, 1.807) is 6.07 Å². The zero-order valence-corrected chi connectivity index (χ0v) is 10.9. The first kappa shape index (κ1) is 12.6. The lowest BCUT2D eigenvalue weighted by atomic mass is 10.3. The fourth-order valence-electron chi connectivity index (χ4n) is 1.28. The fourth-order valence-corrected chi connectivity index (χ4v) is 2.08. The molecule has 0 saturated heterocycles. The van der Waals surface area contributed by atoms with Gasteiger partial charge in [0.15, 0.2) is 5.13 Å². The molecule has 2 N–H and O–H groups in total. The first-order chi connectivity index (χ1) is 8.70. The predicted octanol–water partition coefficient (Wildman–Crippen LogP) is 1.47. The quantitative estimate of drug-likeness (QED) is 0.873. The Morgan fingerprint density at radius 2 is 2.28 bits per heavy atom. The van der Waals surface area contributed by atoms with Gasteiger partial charge in [0.2, 0.25) is 0 Å². The molecule has 2 heterocycles. The third-order valence-electron chi connectivity index (χ3n) is 2.47. The Morgan fingerprint density at radius 1 is 1.44 bits per heavy atom. The highest BCUT2D eigenvalue weighted by atomic mass is 32.1. The summed E-state index contributed by atoms with van der Waals surface area (Å²) in [5.41, 5.74) is 1.37. The van der Waals surface area contributed by atoms with E-state index in [1.807, 2.05) is 19.4 Å². The minimum Gasteiger partial charge on any atom is -0.312 e. The van der Waals surface area contributed by atoms with Crippen molar-refractivity contribution < 1.29 is 4.79 Å². The van der Waals surface area contributed by atoms with Gasteiger partial charge < -0.3 is 5.32 Å². The highest BCUT2D eigenvalue weighted by Gasteiger charge is 2.11. The maximum atomic E-state index is 11.8. The van der Waals surface area contributed by atoms with Crippen molar-refractivity contribution in [3.63, 3.8) is 0 Å². The molecule has 2 aromatic rings. The molecule has 6 nitrogen and oxygen atoms in total. The lowest BCUT2D eigenvalue weighted by Gasteiger charge is -2.05. The molecule has 0 bridgehead atoms. The molecule has 1 atom stereocenters. The number of carbonyl (C=O) groups is 1. The summed E-state index contributed by atoms with van der Waals surface area (Å²) in [6.07, 6.45) is 2.89. The highest BCUT2D eigenvalue weighted by Crippen LogP contribution is 2.20. The van der Waals surface area contributed by atoms with Gasteiger partial charge in [0.25, 0.3) is 5.91 Å². The minimum absolute atomic E-state index is 0.162. The molecule has 0 aliphatic carbocycles. The third kappa shape index (κ3) is 2.88. The molecule has 0 spiro atoms. The van der Waals surface area contributed by atoms with Crippen LogP contribution in [0.15, 0.2) is 23.8 Å². The molecule has 94 valence electrons. The zero-order chi connectivity index (χ0) is 13.0. The monoisotopic (exact) mass is 263 g/mol.